The number of hydrogen-bond acceptors (Lipinski definition) is 13. The summed E-state index contributed by atoms with van der Waals surface area (Å²) < 4.78 is 29.7. The molecule has 5 amide bonds. The largest absolute Gasteiger partial charge is 0.494 e. The fraction of sp³-hybridized carbons (Fsp3) is 0.362. The molecular formula is C58H63N7O10. The Morgan fingerprint density at radius 3 is 1.64 bits per heavy atom. The van der Waals surface area contributed by atoms with E-state index in [0.717, 1.165) is 60.3 Å². The zero-order valence-corrected chi connectivity index (χ0v) is 42.9. The Bertz CT molecular complexity index is 2940. The van der Waals surface area contributed by atoms with Crippen molar-refractivity contribution in [2.75, 3.05) is 66.5 Å². The molecule has 0 saturated heterocycles. The van der Waals surface area contributed by atoms with Gasteiger partial charge in [0.15, 0.2) is 23.0 Å². The molecule has 5 heterocycles. The summed E-state index contributed by atoms with van der Waals surface area (Å²) in [6.45, 7) is 2.80. The minimum atomic E-state index is -0.292. The van der Waals surface area contributed by atoms with Crippen LogP contribution in [0.1, 0.15) is 96.1 Å². The molecular weight excluding hydrogens is 955 g/mol. The second-order valence-corrected chi connectivity index (χ2v) is 19.3. The van der Waals surface area contributed by atoms with Crippen molar-refractivity contribution in [1.29, 1.82) is 0 Å². The molecule has 0 radical (unpaired) electrons. The molecule has 0 aromatic heterocycles. The summed E-state index contributed by atoms with van der Waals surface area (Å²) in [5, 5.41) is 2.93. The zero-order valence-electron chi connectivity index (χ0n) is 42.9. The van der Waals surface area contributed by atoms with E-state index >= 15 is 0 Å². The summed E-state index contributed by atoms with van der Waals surface area (Å²) in [6.07, 6.45) is 16.7. The maximum absolute atomic E-state index is 14.0. The van der Waals surface area contributed by atoms with Gasteiger partial charge >= 0.3 is 0 Å². The van der Waals surface area contributed by atoms with Crippen LogP contribution in [0.25, 0.3) is 11.1 Å². The van der Waals surface area contributed by atoms with Gasteiger partial charge in [0.2, 0.25) is 5.91 Å². The number of fused-ring (bicyclic) bond motifs is 4. The van der Waals surface area contributed by atoms with Gasteiger partial charge in [-0.3, -0.25) is 38.9 Å². The number of hydrogen-bond donors (Lipinski definition) is 1. The van der Waals surface area contributed by atoms with E-state index in [0.29, 0.717) is 116 Å². The quantitative estimate of drug-likeness (QED) is 0.0523. The summed E-state index contributed by atoms with van der Waals surface area (Å²) in [7, 11) is 7.20. The second kappa shape index (κ2) is 23.9. The number of aliphatic imine (C=N–C) groups is 2. The van der Waals surface area contributed by atoms with E-state index in [2.05, 4.69) is 10.2 Å². The number of imide groups is 1. The van der Waals surface area contributed by atoms with Gasteiger partial charge in [0, 0.05) is 87.2 Å². The van der Waals surface area contributed by atoms with Crippen LogP contribution in [0.15, 0.2) is 107 Å². The molecule has 17 heteroatoms. The van der Waals surface area contributed by atoms with Crippen LogP contribution in [0.3, 0.4) is 0 Å². The molecule has 17 nitrogen and oxygen atoms in total. The zero-order chi connectivity index (χ0) is 52.4. The molecule has 4 aromatic rings. The normalized spacial score (nSPS) is 17.3. The van der Waals surface area contributed by atoms with E-state index in [1.54, 1.807) is 54.5 Å². The van der Waals surface area contributed by atoms with Gasteiger partial charge in [-0.05, 0) is 111 Å². The molecule has 9 rings (SSSR count). The standard InChI is InChI=1S/C58H63N7O10/c1-62(2)23-11-27-73-45-19-15-39(16-20-45)41-29-44-35-60-49-33-53(51(72-4)31-47(49)58(70)65(44)37-41)75-26-10-6-9-25-74-52-32-48-46(30-50(52)71-3)57(69)64-36-40(28-43(64)34-59-48)38-13-17-42(18-14-38)61-54(66)12-7-5-8-24-63-55(67)21-22-56(63)68/h13-22,30-37,43-44H,5-12,23-29H2,1-4H3,(H,61,66)/t43-,44-/m0/s1. The van der Waals surface area contributed by atoms with Crippen LogP contribution in [0.2, 0.25) is 0 Å². The topological polar surface area (TPSA) is 181 Å². The van der Waals surface area contributed by atoms with Gasteiger partial charge < -0.3 is 43.7 Å². The number of amides is 5. The molecule has 75 heavy (non-hydrogen) atoms. The third-order valence-electron chi connectivity index (χ3n) is 13.7. The van der Waals surface area contributed by atoms with Crippen LogP contribution >= 0.6 is 0 Å². The molecule has 0 unspecified atom stereocenters. The highest BCUT2D eigenvalue weighted by Gasteiger charge is 2.35. The first-order valence-electron chi connectivity index (χ1n) is 25.6. The Hall–Kier alpha value is -8.05. The summed E-state index contributed by atoms with van der Waals surface area (Å²) in [5.74, 6) is 1.69. The fourth-order valence-electron chi connectivity index (χ4n) is 9.60. The number of rotatable bonds is 24. The van der Waals surface area contributed by atoms with Crippen LogP contribution in [0.5, 0.6) is 28.7 Å². The Morgan fingerprint density at radius 2 is 1.12 bits per heavy atom. The molecule has 0 aliphatic carbocycles. The summed E-state index contributed by atoms with van der Waals surface area (Å²) >= 11 is 0. The van der Waals surface area contributed by atoms with Gasteiger partial charge in [0.25, 0.3) is 23.6 Å². The van der Waals surface area contributed by atoms with Crippen molar-refractivity contribution in [3.8, 4) is 28.7 Å². The summed E-state index contributed by atoms with van der Waals surface area (Å²) in [5.41, 5.74) is 6.55. The monoisotopic (exact) mass is 1020 g/mol. The highest BCUT2D eigenvalue weighted by atomic mass is 16.5. The predicted octanol–water partition coefficient (Wildman–Crippen LogP) is 9.03. The van der Waals surface area contributed by atoms with Crippen molar-refractivity contribution in [1.82, 2.24) is 19.6 Å². The molecule has 0 bridgehead atoms. The Kier molecular flexibility index (Phi) is 16.5. The van der Waals surface area contributed by atoms with E-state index in [9.17, 15) is 24.0 Å². The maximum Gasteiger partial charge on any atom is 0.260 e. The van der Waals surface area contributed by atoms with Crippen LogP contribution in [0.4, 0.5) is 17.1 Å². The van der Waals surface area contributed by atoms with E-state index < -0.39 is 0 Å². The Balaban J connectivity index is 0.718. The summed E-state index contributed by atoms with van der Waals surface area (Å²) in [4.78, 5) is 80.3. The molecule has 5 aliphatic heterocycles. The first-order valence-corrected chi connectivity index (χ1v) is 25.6. The molecule has 1 N–H and O–H groups in total. The Labute approximate surface area is 437 Å². The average molecular weight is 1020 g/mol. The van der Waals surface area contributed by atoms with Crippen LogP contribution in [-0.4, -0.2) is 135 Å². The second-order valence-electron chi connectivity index (χ2n) is 19.3. The third-order valence-corrected chi connectivity index (χ3v) is 13.7. The van der Waals surface area contributed by atoms with E-state index in [1.807, 2.05) is 81.2 Å². The van der Waals surface area contributed by atoms with E-state index in [4.69, 9.17) is 33.7 Å². The van der Waals surface area contributed by atoms with Gasteiger partial charge in [-0.15, -0.1) is 0 Å². The number of nitrogens with zero attached hydrogens (tertiary/aromatic N) is 6. The lowest BCUT2D eigenvalue weighted by Crippen LogP contribution is -2.32. The lowest BCUT2D eigenvalue weighted by Gasteiger charge is -2.19. The lowest BCUT2D eigenvalue weighted by atomic mass is 10.0. The molecule has 0 fully saturated rings. The minimum Gasteiger partial charge on any atom is -0.494 e. The third kappa shape index (κ3) is 12.3. The van der Waals surface area contributed by atoms with Gasteiger partial charge in [0.1, 0.15) is 5.75 Å². The smallest absolute Gasteiger partial charge is 0.260 e. The van der Waals surface area contributed by atoms with Gasteiger partial charge in [-0.2, -0.15) is 0 Å². The highest BCUT2D eigenvalue weighted by molar-refractivity contribution is 6.13. The van der Waals surface area contributed by atoms with Gasteiger partial charge in [0.05, 0.1) is 68.6 Å². The first kappa shape index (κ1) is 51.8. The van der Waals surface area contributed by atoms with E-state index in [1.165, 1.54) is 17.1 Å². The van der Waals surface area contributed by atoms with Crippen LogP contribution in [0, 0.1) is 0 Å². The highest BCUT2D eigenvalue weighted by Crippen LogP contribution is 2.42. The van der Waals surface area contributed by atoms with Crippen molar-refractivity contribution >= 4 is 70.2 Å². The number of unbranched alkanes of at least 4 members (excludes halogenated alkanes) is 4. The van der Waals surface area contributed by atoms with Crippen molar-refractivity contribution in [2.45, 2.75) is 76.3 Å². The van der Waals surface area contributed by atoms with Crippen molar-refractivity contribution in [3.05, 3.63) is 120 Å². The fourth-order valence-corrected chi connectivity index (χ4v) is 9.60. The molecule has 0 spiro atoms. The van der Waals surface area contributed by atoms with Crippen LogP contribution < -0.4 is 29.0 Å². The number of carbonyl (C=O) groups excluding carboxylic acids is 5. The maximum atomic E-state index is 14.0. The average Bonchev–Trinajstić information content (AvgIpc) is 4.10. The number of ether oxygens (including phenoxy) is 5. The molecule has 5 aliphatic rings. The molecule has 390 valence electrons. The molecule has 4 aromatic carbocycles. The number of anilines is 1. The van der Waals surface area contributed by atoms with Gasteiger partial charge in [-0.25, -0.2) is 0 Å². The number of carbonyl (C=O) groups is 5. The number of methoxy groups -OCH3 is 2. The van der Waals surface area contributed by atoms with Crippen molar-refractivity contribution in [2.24, 2.45) is 9.98 Å². The molecule has 0 saturated carbocycles. The number of benzene rings is 4. The SMILES string of the molecule is COc1cc2c(cc1OCCCCCOc1cc3c(cc1OC)C(=O)N1C=C(c4ccc(OCCCN(C)C)cc4)C[C@H]1C=N3)N=C[C@@H]1CC(c3ccc(NC(=O)CCCCCN4C(=O)C=CC4=O)cc3)=CN1C2=O. The first-order chi connectivity index (χ1) is 36.5. The predicted molar refractivity (Wildman–Crippen MR) is 287 cm³/mol. The van der Waals surface area contributed by atoms with Crippen molar-refractivity contribution in [3.63, 3.8) is 0 Å². The lowest BCUT2D eigenvalue weighted by molar-refractivity contribution is -0.136. The van der Waals surface area contributed by atoms with Gasteiger partial charge in [-0.1, -0.05) is 30.7 Å². The minimum absolute atomic E-state index is 0.112. The summed E-state index contributed by atoms with van der Waals surface area (Å²) in [6, 6.07) is 22.0. The molecule has 2 atom stereocenters. The Morgan fingerprint density at radius 1 is 0.613 bits per heavy atom. The van der Waals surface area contributed by atoms with Crippen LogP contribution in [-0.2, 0) is 14.4 Å². The van der Waals surface area contributed by atoms with Crippen molar-refractivity contribution < 1.29 is 47.7 Å². The van der Waals surface area contributed by atoms with E-state index in [-0.39, 0.29) is 41.6 Å². The number of nitrogens with one attached hydrogen (secondary N) is 1.